The Hall–Kier alpha value is -2.14. The van der Waals surface area contributed by atoms with Crippen molar-refractivity contribution in [2.45, 2.75) is 18.3 Å². The summed E-state index contributed by atoms with van der Waals surface area (Å²) < 4.78 is 1.67. The average Bonchev–Trinajstić information content (AvgIpc) is 2.84. The molecule has 0 bridgehead atoms. The molecule has 1 saturated heterocycles. The van der Waals surface area contributed by atoms with Crippen molar-refractivity contribution in [3.05, 3.63) is 52.8 Å². The van der Waals surface area contributed by atoms with Gasteiger partial charge in [0, 0.05) is 30.6 Å². The normalized spacial score (nSPS) is 22.2. The van der Waals surface area contributed by atoms with Crippen LogP contribution in [0.2, 0.25) is 5.02 Å². The number of piperidine rings is 1. The largest absolute Gasteiger partial charge is 0.296 e. The topological polar surface area (TPSA) is 64.0 Å². The Balaban J connectivity index is 2.04. The van der Waals surface area contributed by atoms with E-state index in [-0.39, 0.29) is 24.2 Å². The highest BCUT2D eigenvalue weighted by Gasteiger charge is 2.38. The van der Waals surface area contributed by atoms with Gasteiger partial charge in [-0.2, -0.15) is 5.10 Å². The minimum absolute atomic E-state index is 0.224. The fourth-order valence-electron chi connectivity index (χ4n) is 2.79. The van der Waals surface area contributed by atoms with Gasteiger partial charge in [0.05, 0.1) is 12.1 Å². The van der Waals surface area contributed by atoms with Crippen molar-refractivity contribution in [2.75, 3.05) is 0 Å². The second-order valence-electron chi connectivity index (χ2n) is 5.20. The number of halogens is 1. The standard InChI is InChI=1S/C15H14ClN3O2/c1-19-8-10(7-17-19)12-6-13(20)18-15(21)14(12)9-3-2-4-11(16)5-9/h2-5,7-8,12,14H,6H2,1H3,(H,18,20,21). The molecule has 3 rings (SSSR count). The minimum atomic E-state index is -0.439. The lowest BCUT2D eigenvalue weighted by Gasteiger charge is -2.29. The molecule has 0 spiro atoms. The molecule has 1 aromatic carbocycles. The summed E-state index contributed by atoms with van der Waals surface area (Å²) in [6.45, 7) is 0. The van der Waals surface area contributed by atoms with Crippen molar-refractivity contribution >= 4 is 23.4 Å². The Labute approximate surface area is 126 Å². The second kappa shape index (κ2) is 5.33. The lowest BCUT2D eigenvalue weighted by atomic mass is 9.77. The maximum absolute atomic E-state index is 12.3. The van der Waals surface area contributed by atoms with E-state index in [0.29, 0.717) is 5.02 Å². The molecule has 5 nitrogen and oxygen atoms in total. The van der Waals surface area contributed by atoms with Gasteiger partial charge in [0.15, 0.2) is 0 Å². The molecule has 2 atom stereocenters. The maximum Gasteiger partial charge on any atom is 0.234 e. The van der Waals surface area contributed by atoms with Crippen LogP contribution in [0.5, 0.6) is 0 Å². The molecule has 2 unspecified atom stereocenters. The highest BCUT2D eigenvalue weighted by molar-refractivity contribution is 6.30. The molecule has 0 radical (unpaired) electrons. The van der Waals surface area contributed by atoms with Crippen LogP contribution in [0.25, 0.3) is 0 Å². The first-order chi connectivity index (χ1) is 10.0. The van der Waals surface area contributed by atoms with E-state index in [1.807, 2.05) is 25.4 Å². The minimum Gasteiger partial charge on any atom is -0.296 e. The number of hydrogen-bond acceptors (Lipinski definition) is 3. The molecule has 2 amide bonds. The summed E-state index contributed by atoms with van der Waals surface area (Å²) in [6.07, 6.45) is 3.80. The molecule has 1 fully saturated rings. The van der Waals surface area contributed by atoms with Crippen LogP contribution in [0.15, 0.2) is 36.7 Å². The van der Waals surface area contributed by atoms with E-state index in [9.17, 15) is 9.59 Å². The molecular weight excluding hydrogens is 290 g/mol. The zero-order valence-corrected chi connectivity index (χ0v) is 12.2. The van der Waals surface area contributed by atoms with E-state index in [2.05, 4.69) is 10.4 Å². The summed E-state index contributed by atoms with van der Waals surface area (Å²) in [6, 6.07) is 7.19. The van der Waals surface area contributed by atoms with Gasteiger partial charge in [0.2, 0.25) is 11.8 Å². The van der Waals surface area contributed by atoms with E-state index in [1.165, 1.54) is 0 Å². The zero-order valence-electron chi connectivity index (χ0n) is 11.4. The fourth-order valence-corrected chi connectivity index (χ4v) is 2.99. The molecule has 1 aliphatic heterocycles. The van der Waals surface area contributed by atoms with Gasteiger partial charge in [-0.05, 0) is 23.3 Å². The Morgan fingerprint density at radius 1 is 1.33 bits per heavy atom. The third-order valence-electron chi connectivity index (χ3n) is 3.71. The molecule has 108 valence electrons. The number of nitrogens with zero attached hydrogens (tertiary/aromatic N) is 2. The van der Waals surface area contributed by atoms with Crippen LogP contribution in [-0.4, -0.2) is 21.6 Å². The number of aryl methyl sites for hydroxylation is 1. The maximum atomic E-state index is 12.3. The van der Waals surface area contributed by atoms with Crippen LogP contribution in [0.4, 0.5) is 0 Å². The highest BCUT2D eigenvalue weighted by Crippen LogP contribution is 2.38. The smallest absolute Gasteiger partial charge is 0.234 e. The molecule has 2 aromatic rings. The van der Waals surface area contributed by atoms with E-state index < -0.39 is 5.92 Å². The summed E-state index contributed by atoms with van der Waals surface area (Å²) in [5.74, 6) is -1.21. The molecule has 21 heavy (non-hydrogen) atoms. The highest BCUT2D eigenvalue weighted by atomic mass is 35.5. The fraction of sp³-hybridized carbons (Fsp3) is 0.267. The summed E-state index contributed by atoms with van der Waals surface area (Å²) in [5.41, 5.74) is 1.69. The van der Waals surface area contributed by atoms with E-state index in [0.717, 1.165) is 11.1 Å². The van der Waals surface area contributed by atoms with Crippen LogP contribution >= 0.6 is 11.6 Å². The number of nitrogens with one attached hydrogen (secondary N) is 1. The zero-order chi connectivity index (χ0) is 15.0. The molecular formula is C15H14ClN3O2. The number of carbonyl (C=O) groups excluding carboxylic acids is 2. The summed E-state index contributed by atoms with van der Waals surface area (Å²) in [4.78, 5) is 24.0. The van der Waals surface area contributed by atoms with Crippen LogP contribution < -0.4 is 5.32 Å². The molecule has 0 aliphatic carbocycles. The predicted octanol–water partition coefficient (Wildman–Crippen LogP) is 1.99. The Morgan fingerprint density at radius 3 is 2.81 bits per heavy atom. The van der Waals surface area contributed by atoms with Crippen LogP contribution in [-0.2, 0) is 16.6 Å². The number of imide groups is 1. The summed E-state index contributed by atoms with van der Waals surface area (Å²) in [7, 11) is 1.81. The third kappa shape index (κ3) is 2.69. The van der Waals surface area contributed by atoms with Crippen LogP contribution in [0.1, 0.15) is 29.4 Å². The molecule has 1 aromatic heterocycles. The van der Waals surface area contributed by atoms with Crippen molar-refractivity contribution in [2.24, 2.45) is 7.05 Å². The first kappa shape index (κ1) is 13.8. The third-order valence-corrected chi connectivity index (χ3v) is 3.95. The van der Waals surface area contributed by atoms with Gasteiger partial charge in [-0.15, -0.1) is 0 Å². The first-order valence-electron chi connectivity index (χ1n) is 6.62. The Morgan fingerprint density at radius 2 is 2.14 bits per heavy atom. The lowest BCUT2D eigenvalue weighted by Crippen LogP contribution is -2.43. The molecule has 0 saturated carbocycles. The molecule has 1 N–H and O–H groups in total. The van der Waals surface area contributed by atoms with Crippen molar-refractivity contribution in [3.8, 4) is 0 Å². The van der Waals surface area contributed by atoms with Crippen LogP contribution in [0, 0.1) is 0 Å². The van der Waals surface area contributed by atoms with Gasteiger partial charge in [0.1, 0.15) is 0 Å². The Bertz CT molecular complexity index is 710. The molecule has 2 heterocycles. The SMILES string of the molecule is Cn1cc(C2CC(=O)NC(=O)C2c2cccc(Cl)c2)cn1. The first-order valence-corrected chi connectivity index (χ1v) is 7.00. The number of aromatic nitrogens is 2. The van der Waals surface area contributed by atoms with Gasteiger partial charge in [-0.3, -0.25) is 19.6 Å². The monoisotopic (exact) mass is 303 g/mol. The number of amides is 2. The number of hydrogen-bond donors (Lipinski definition) is 1. The van der Waals surface area contributed by atoms with Crippen molar-refractivity contribution < 1.29 is 9.59 Å². The van der Waals surface area contributed by atoms with Crippen molar-refractivity contribution in [1.82, 2.24) is 15.1 Å². The van der Waals surface area contributed by atoms with Gasteiger partial charge in [0.25, 0.3) is 0 Å². The summed E-state index contributed by atoms with van der Waals surface area (Å²) in [5, 5.41) is 7.11. The van der Waals surface area contributed by atoms with E-state index in [4.69, 9.17) is 11.6 Å². The van der Waals surface area contributed by atoms with Gasteiger partial charge < -0.3 is 0 Å². The summed E-state index contributed by atoms with van der Waals surface area (Å²) >= 11 is 6.02. The van der Waals surface area contributed by atoms with E-state index in [1.54, 1.807) is 23.0 Å². The number of rotatable bonds is 2. The number of benzene rings is 1. The van der Waals surface area contributed by atoms with Crippen molar-refractivity contribution in [1.29, 1.82) is 0 Å². The van der Waals surface area contributed by atoms with Gasteiger partial charge >= 0.3 is 0 Å². The van der Waals surface area contributed by atoms with Gasteiger partial charge in [-0.1, -0.05) is 23.7 Å². The molecule has 6 heteroatoms. The van der Waals surface area contributed by atoms with Gasteiger partial charge in [-0.25, -0.2) is 0 Å². The van der Waals surface area contributed by atoms with E-state index >= 15 is 0 Å². The van der Waals surface area contributed by atoms with Crippen LogP contribution in [0.3, 0.4) is 0 Å². The second-order valence-corrected chi connectivity index (χ2v) is 5.64. The molecule has 1 aliphatic rings. The Kier molecular flexibility index (Phi) is 3.51. The quantitative estimate of drug-likeness (QED) is 0.863. The number of carbonyl (C=O) groups is 2. The average molecular weight is 304 g/mol. The lowest BCUT2D eigenvalue weighted by molar-refractivity contribution is -0.135. The predicted molar refractivity (Wildman–Crippen MR) is 77.9 cm³/mol. The van der Waals surface area contributed by atoms with Crippen molar-refractivity contribution in [3.63, 3.8) is 0 Å².